The van der Waals surface area contributed by atoms with E-state index < -0.39 is 11.4 Å². The third-order valence-corrected chi connectivity index (χ3v) is 6.01. The smallest absolute Gasteiger partial charge is 0.275 e. The van der Waals surface area contributed by atoms with Crippen LogP contribution in [-0.4, -0.2) is 44.1 Å². The topological polar surface area (TPSA) is 125 Å². The van der Waals surface area contributed by atoms with Gasteiger partial charge in [0.2, 0.25) is 11.8 Å². The highest BCUT2D eigenvalue weighted by Crippen LogP contribution is 2.34. The molecule has 0 aliphatic rings. The van der Waals surface area contributed by atoms with Gasteiger partial charge in [-0.15, -0.1) is 21.5 Å². The van der Waals surface area contributed by atoms with E-state index in [9.17, 15) is 9.90 Å². The van der Waals surface area contributed by atoms with Crippen molar-refractivity contribution in [2.45, 2.75) is 39.5 Å². The molecule has 10 nitrogen and oxygen atoms in total. The van der Waals surface area contributed by atoms with Gasteiger partial charge in [0, 0.05) is 11.8 Å². The van der Waals surface area contributed by atoms with Crippen LogP contribution in [0.2, 0.25) is 0 Å². The lowest BCUT2D eigenvalue weighted by Gasteiger charge is -2.18. The van der Waals surface area contributed by atoms with Gasteiger partial charge in [-0.2, -0.15) is 4.98 Å². The van der Waals surface area contributed by atoms with E-state index >= 15 is 0 Å². The van der Waals surface area contributed by atoms with Crippen LogP contribution in [0, 0.1) is 6.92 Å². The first-order valence-corrected chi connectivity index (χ1v) is 11.6. The molecule has 34 heavy (non-hydrogen) atoms. The minimum Gasteiger partial charge on any atom is -0.494 e. The molecule has 0 radical (unpaired) electrons. The van der Waals surface area contributed by atoms with E-state index in [1.165, 1.54) is 30.1 Å². The molecule has 1 N–H and O–H groups in total. The maximum absolute atomic E-state index is 13.8. The standard InChI is InChI=1S/C23H25N5O5S/c1-5-6-10-17-25-21(29)19(22-27-26-18(33-22)11-14-12-34-13(2)24-14)23(30)28(17)20-15(31-3)8-7-9-16(20)32-4/h7-9,12,29H,5-6,10-11H2,1-4H3. The van der Waals surface area contributed by atoms with Crippen molar-refractivity contribution in [1.29, 1.82) is 0 Å². The summed E-state index contributed by atoms with van der Waals surface area (Å²) < 4.78 is 18.2. The number of aryl methyl sites for hydroxylation is 2. The van der Waals surface area contributed by atoms with Gasteiger partial charge in [-0.05, 0) is 25.5 Å². The Kier molecular flexibility index (Phi) is 6.92. The number of nitrogens with zero attached hydrogens (tertiary/aromatic N) is 5. The van der Waals surface area contributed by atoms with Gasteiger partial charge in [-0.1, -0.05) is 19.4 Å². The number of methoxy groups -OCH3 is 2. The number of hydrogen-bond acceptors (Lipinski definition) is 10. The van der Waals surface area contributed by atoms with Crippen LogP contribution in [0.5, 0.6) is 17.4 Å². The molecule has 0 aliphatic carbocycles. The van der Waals surface area contributed by atoms with Crippen molar-refractivity contribution in [2.75, 3.05) is 14.2 Å². The lowest BCUT2D eigenvalue weighted by Crippen LogP contribution is -2.26. The molecule has 0 spiro atoms. The minimum atomic E-state index is -0.568. The van der Waals surface area contributed by atoms with Crippen molar-refractivity contribution >= 4 is 11.3 Å². The molecular weight excluding hydrogens is 458 g/mol. The van der Waals surface area contributed by atoms with Crippen molar-refractivity contribution in [3.63, 3.8) is 0 Å². The van der Waals surface area contributed by atoms with E-state index in [1.807, 2.05) is 19.2 Å². The maximum Gasteiger partial charge on any atom is 0.275 e. The zero-order chi connectivity index (χ0) is 24.2. The molecule has 3 aromatic heterocycles. The zero-order valence-electron chi connectivity index (χ0n) is 19.4. The SMILES string of the molecule is CCCCc1nc(O)c(-c2nnc(Cc3csc(C)n3)o2)c(=O)n1-c1c(OC)cccc1OC. The number of para-hydroxylation sites is 1. The van der Waals surface area contributed by atoms with Gasteiger partial charge in [0.25, 0.3) is 11.4 Å². The second kappa shape index (κ2) is 10.0. The summed E-state index contributed by atoms with van der Waals surface area (Å²) in [5, 5.41) is 21.6. The Morgan fingerprint density at radius 1 is 1.15 bits per heavy atom. The quantitative estimate of drug-likeness (QED) is 0.379. The molecule has 0 aliphatic heterocycles. The molecule has 4 aromatic rings. The number of rotatable bonds is 9. The van der Waals surface area contributed by atoms with E-state index in [2.05, 4.69) is 20.2 Å². The molecular formula is C23H25N5O5S. The van der Waals surface area contributed by atoms with Crippen LogP contribution in [0.15, 0.2) is 32.8 Å². The lowest BCUT2D eigenvalue weighted by molar-refractivity contribution is 0.388. The average molecular weight is 484 g/mol. The summed E-state index contributed by atoms with van der Waals surface area (Å²) >= 11 is 1.52. The van der Waals surface area contributed by atoms with Crippen LogP contribution in [0.4, 0.5) is 0 Å². The third kappa shape index (κ3) is 4.51. The van der Waals surface area contributed by atoms with Crippen molar-refractivity contribution in [1.82, 2.24) is 24.7 Å². The first-order chi connectivity index (χ1) is 16.5. The molecule has 0 atom stereocenters. The number of benzene rings is 1. The number of ether oxygens (including phenoxy) is 2. The molecule has 0 saturated heterocycles. The largest absolute Gasteiger partial charge is 0.494 e. The third-order valence-electron chi connectivity index (χ3n) is 5.19. The molecule has 0 unspecified atom stereocenters. The number of hydrogen-bond donors (Lipinski definition) is 1. The number of aromatic hydroxyl groups is 1. The monoisotopic (exact) mass is 483 g/mol. The molecule has 178 valence electrons. The van der Waals surface area contributed by atoms with Crippen LogP contribution in [0.3, 0.4) is 0 Å². The first kappa shape index (κ1) is 23.4. The zero-order valence-corrected chi connectivity index (χ0v) is 20.2. The van der Waals surface area contributed by atoms with E-state index in [0.29, 0.717) is 35.9 Å². The van der Waals surface area contributed by atoms with Crippen LogP contribution in [-0.2, 0) is 12.8 Å². The summed E-state index contributed by atoms with van der Waals surface area (Å²) in [5.41, 5.74) is 0.406. The Bertz CT molecular complexity index is 1340. The second-order valence-electron chi connectivity index (χ2n) is 7.52. The number of unbranched alkanes of at least 4 members (excludes halogenated alkanes) is 1. The molecule has 4 rings (SSSR count). The van der Waals surface area contributed by atoms with Gasteiger partial charge < -0.3 is 19.0 Å². The van der Waals surface area contributed by atoms with E-state index in [4.69, 9.17) is 13.9 Å². The summed E-state index contributed by atoms with van der Waals surface area (Å²) in [4.78, 5) is 22.5. The van der Waals surface area contributed by atoms with Crippen molar-refractivity contribution in [3.05, 3.63) is 56.3 Å². The summed E-state index contributed by atoms with van der Waals surface area (Å²) in [5.74, 6) is 0.886. The van der Waals surface area contributed by atoms with Crippen LogP contribution in [0.25, 0.3) is 17.1 Å². The van der Waals surface area contributed by atoms with Crippen molar-refractivity contribution in [2.24, 2.45) is 0 Å². The Morgan fingerprint density at radius 2 is 1.88 bits per heavy atom. The maximum atomic E-state index is 13.8. The highest BCUT2D eigenvalue weighted by molar-refractivity contribution is 7.09. The highest BCUT2D eigenvalue weighted by atomic mass is 32.1. The molecule has 0 bridgehead atoms. The number of thiazole rings is 1. The summed E-state index contributed by atoms with van der Waals surface area (Å²) in [6.07, 6.45) is 2.42. The molecule has 0 fully saturated rings. The van der Waals surface area contributed by atoms with Crippen molar-refractivity contribution < 1.29 is 19.0 Å². The van der Waals surface area contributed by atoms with Gasteiger partial charge >= 0.3 is 0 Å². The number of aromatic nitrogens is 5. The fourth-order valence-electron chi connectivity index (χ4n) is 3.60. The molecule has 0 amide bonds. The van der Waals surface area contributed by atoms with Gasteiger partial charge in [0.1, 0.15) is 23.0 Å². The predicted molar refractivity (Wildman–Crippen MR) is 126 cm³/mol. The van der Waals surface area contributed by atoms with E-state index in [1.54, 1.807) is 18.2 Å². The molecule has 3 heterocycles. The van der Waals surface area contributed by atoms with Crippen LogP contribution in [0.1, 0.15) is 42.2 Å². The molecule has 1 aromatic carbocycles. The average Bonchev–Trinajstić information content (AvgIpc) is 3.46. The fraction of sp³-hybridized carbons (Fsp3) is 0.348. The Morgan fingerprint density at radius 3 is 2.50 bits per heavy atom. The van der Waals surface area contributed by atoms with Gasteiger partial charge in [-0.25, -0.2) is 4.98 Å². The van der Waals surface area contributed by atoms with Gasteiger partial charge in [0.15, 0.2) is 5.56 Å². The summed E-state index contributed by atoms with van der Waals surface area (Å²) in [7, 11) is 3.02. The van der Waals surface area contributed by atoms with E-state index in [-0.39, 0.29) is 17.3 Å². The molecule has 0 saturated carbocycles. The van der Waals surface area contributed by atoms with Crippen LogP contribution < -0.4 is 15.0 Å². The second-order valence-corrected chi connectivity index (χ2v) is 8.58. The lowest BCUT2D eigenvalue weighted by atomic mass is 10.2. The Hall–Kier alpha value is -3.73. The summed E-state index contributed by atoms with van der Waals surface area (Å²) in [6, 6.07) is 5.21. The Balaban J connectivity index is 1.88. The molecule has 11 heteroatoms. The highest BCUT2D eigenvalue weighted by Gasteiger charge is 2.26. The van der Waals surface area contributed by atoms with Crippen LogP contribution >= 0.6 is 11.3 Å². The van der Waals surface area contributed by atoms with Crippen molar-refractivity contribution in [3.8, 4) is 34.5 Å². The van der Waals surface area contributed by atoms with Gasteiger partial charge in [0.05, 0.1) is 31.3 Å². The predicted octanol–water partition coefficient (Wildman–Crippen LogP) is 3.70. The minimum absolute atomic E-state index is 0.124. The van der Waals surface area contributed by atoms with E-state index in [0.717, 1.165) is 23.5 Å². The normalized spacial score (nSPS) is 11.1. The van der Waals surface area contributed by atoms with Gasteiger partial charge in [-0.3, -0.25) is 9.36 Å². The first-order valence-electron chi connectivity index (χ1n) is 10.8. The fourth-order valence-corrected chi connectivity index (χ4v) is 4.21. The summed E-state index contributed by atoms with van der Waals surface area (Å²) in [6.45, 7) is 3.94. The Labute approximate surface area is 199 Å².